The van der Waals surface area contributed by atoms with Crippen LogP contribution >= 0.6 is 0 Å². The minimum absolute atomic E-state index is 0.253. The smallest absolute Gasteiger partial charge is 0.249 e. The van der Waals surface area contributed by atoms with E-state index in [-0.39, 0.29) is 11.7 Å². The van der Waals surface area contributed by atoms with Crippen LogP contribution in [0.2, 0.25) is 0 Å². The molecule has 0 aromatic carbocycles. The molecule has 0 saturated carbocycles. The summed E-state index contributed by atoms with van der Waals surface area (Å²) < 4.78 is 0. The second-order valence-electron chi connectivity index (χ2n) is 6.55. The third-order valence-corrected chi connectivity index (χ3v) is 3.75. The molecule has 1 amide bonds. The van der Waals surface area contributed by atoms with E-state index in [2.05, 4.69) is 35.2 Å². The number of hydrogen-bond donors (Lipinski definition) is 1. The molecular weight excluding hydrogens is 326 g/mol. The van der Waals surface area contributed by atoms with Crippen molar-refractivity contribution in [1.29, 1.82) is 5.26 Å². The van der Waals surface area contributed by atoms with Crippen molar-refractivity contribution in [3.63, 3.8) is 0 Å². The fraction of sp³-hybridized carbons (Fsp3) is 0.300. The molecular formula is C20H23N5O. The molecule has 2 rings (SSSR count). The first-order valence-corrected chi connectivity index (χ1v) is 8.38. The van der Waals surface area contributed by atoms with Crippen molar-refractivity contribution >= 4 is 11.7 Å². The summed E-state index contributed by atoms with van der Waals surface area (Å²) in [7, 11) is 3.83. The Morgan fingerprint density at radius 1 is 1.27 bits per heavy atom. The quantitative estimate of drug-likeness (QED) is 0.810. The van der Waals surface area contributed by atoms with Gasteiger partial charge in [0, 0.05) is 42.3 Å². The topological polar surface area (TPSA) is 81.9 Å². The first kappa shape index (κ1) is 19.3. The third-order valence-electron chi connectivity index (χ3n) is 3.75. The van der Waals surface area contributed by atoms with E-state index in [1.54, 1.807) is 24.5 Å². The molecule has 0 fully saturated rings. The first-order chi connectivity index (χ1) is 12.4. The number of rotatable bonds is 6. The Morgan fingerprint density at radius 2 is 2.00 bits per heavy atom. The number of nitrogens with one attached hydrogen (secondary N) is 1. The number of pyridine rings is 2. The number of carbonyl (C=O) groups is 1. The van der Waals surface area contributed by atoms with Gasteiger partial charge in [0.15, 0.2) is 5.82 Å². The number of likely N-dealkylation sites (N-methyl/N-ethyl adjacent to an activating group) is 1. The molecule has 2 aromatic heterocycles. The molecule has 2 heterocycles. The van der Waals surface area contributed by atoms with Crippen LogP contribution in [-0.4, -0.2) is 41.4 Å². The van der Waals surface area contributed by atoms with E-state index in [4.69, 9.17) is 0 Å². The molecule has 0 aliphatic carbocycles. The van der Waals surface area contributed by atoms with E-state index >= 15 is 0 Å². The Kier molecular flexibility index (Phi) is 6.59. The van der Waals surface area contributed by atoms with Crippen molar-refractivity contribution < 1.29 is 4.79 Å². The summed E-state index contributed by atoms with van der Waals surface area (Å²) in [6.07, 6.45) is 8.40. The standard InChI is InChI=1S/C20H23N5O/c1-14(2)16-9-17(12-22-11-16)18-8-15(10-21)20(23-13-18)24-19(26)6-5-7-25(3)4/h5-6,8-9,11-14H,7H2,1-4H3,(H,23,24,26)/b6-5+. The molecule has 0 aliphatic heterocycles. The zero-order chi connectivity index (χ0) is 19.1. The average Bonchev–Trinajstić information content (AvgIpc) is 2.61. The van der Waals surface area contributed by atoms with Gasteiger partial charge < -0.3 is 10.2 Å². The van der Waals surface area contributed by atoms with Crippen LogP contribution in [0.1, 0.15) is 30.9 Å². The molecule has 1 N–H and O–H groups in total. The van der Waals surface area contributed by atoms with Gasteiger partial charge in [0.05, 0.1) is 5.56 Å². The van der Waals surface area contributed by atoms with Gasteiger partial charge in [0.2, 0.25) is 5.91 Å². The van der Waals surface area contributed by atoms with Crippen molar-refractivity contribution in [3.8, 4) is 17.2 Å². The summed E-state index contributed by atoms with van der Waals surface area (Å²) in [4.78, 5) is 22.4. The molecule has 134 valence electrons. The lowest BCUT2D eigenvalue weighted by atomic mass is 10.0. The lowest BCUT2D eigenvalue weighted by molar-refractivity contribution is -0.111. The van der Waals surface area contributed by atoms with Gasteiger partial charge in [-0.15, -0.1) is 0 Å². The van der Waals surface area contributed by atoms with E-state index in [9.17, 15) is 10.1 Å². The van der Waals surface area contributed by atoms with Crippen LogP contribution in [0.4, 0.5) is 5.82 Å². The lowest BCUT2D eigenvalue weighted by Gasteiger charge is -2.09. The highest BCUT2D eigenvalue weighted by Gasteiger charge is 2.10. The van der Waals surface area contributed by atoms with Gasteiger partial charge in [-0.05, 0) is 37.7 Å². The SMILES string of the molecule is CC(C)c1cncc(-c2cnc(NC(=O)/C=C/CN(C)C)c(C#N)c2)c1. The fourth-order valence-electron chi connectivity index (χ4n) is 2.27. The van der Waals surface area contributed by atoms with Crippen LogP contribution < -0.4 is 5.32 Å². The molecule has 0 bridgehead atoms. The van der Waals surface area contributed by atoms with Crippen molar-refractivity contribution in [2.24, 2.45) is 0 Å². The van der Waals surface area contributed by atoms with Crippen LogP contribution in [0.5, 0.6) is 0 Å². The van der Waals surface area contributed by atoms with Gasteiger partial charge in [-0.3, -0.25) is 9.78 Å². The number of amides is 1. The zero-order valence-corrected chi connectivity index (χ0v) is 15.5. The van der Waals surface area contributed by atoms with E-state index < -0.39 is 0 Å². The van der Waals surface area contributed by atoms with Crippen LogP contribution in [0.3, 0.4) is 0 Å². The Balaban J connectivity index is 2.22. The van der Waals surface area contributed by atoms with Crippen molar-refractivity contribution in [1.82, 2.24) is 14.9 Å². The fourth-order valence-corrected chi connectivity index (χ4v) is 2.27. The Bertz CT molecular complexity index is 850. The lowest BCUT2D eigenvalue weighted by Crippen LogP contribution is -2.14. The Labute approximate surface area is 154 Å². The molecule has 2 aromatic rings. The Morgan fingerprint density at radius 3 is 2.65 bits per heavy atom. The summed E-state index contributed by atoms with van der Waals surface area (Å²) in [5, 5.41) is 12.1. The van der Waals surface area contributed by atoms with Crippen LogP contribution in [0.25, 0.3) is 11.1 Å². The second kappa shape index (κ2) is 8.88. The number of nitriles is 1. The predicted molar refractivity (Wildman–Crippen MR) is 103 cm³/mol. The summed E-state index contributed by atoms with van der Waals surface area (Å²) in [6, 6.07) is 5.85. The zero-order valence-electron chi connectivity index (χ0n) is 15.5. The minimum atomic E-state index is -0.313. The van der Waals surface area contributed by atoms with Gasteiger partial charge in [0.1, 0.15) is 6.07 Å². The van der Waals surface area contributed by atoms with Crippen molar-refractivity contribution in [2.45, 2.75) is 19.8 Å². The predicted octanol–water partition coefficient (Wildman–Crippen LogP) is 3.19. The maximum Gasteiger partial charge on any atom is 0.249 e. The summed E-state index contributed by atoms with van der Waals surface area (Å²) in [6.45, 7) is 4.86. The average molecular weight is 349 g/mol. The van der Waals surface area contributed by atoms with E-state index in [1.807, 2.05) is 31.3 Å². The van der Waals surface area contributed by atoms with Crippen molar-refractivity contribution in [2.75, 3.05) is 26.0 Å². The molecule has 0 atom stereocenters. The number of carbonyl (C=O) groups excluding carboxylic acids is 1. The molecule has 0 saturated heterocycles. The molecule has 0 aliphatic rings. The van der Waals surface area contributed by atoms with E-state index in [1.165, 1.54) is 6.08 Å². The second-order valence-corrected chi connectivity index (χ2v) is 6.55. The summed E-state index contributed by atoms with van der Waals surface area (Å²) in [5.41, 5.74) is 3.11. The van der Waals surface area contributed by atoms with Gasteiger partial charge in [0.25, 0.3) is 0 Å². The van der Waals surface area contributed by atoms with Gasteiger partial charge >= 0.3 is 0 Å². The molecule has 6 nitrogen and oxygen atoms in total. The third kappa shape index (κ3) is 5.23. The van der Waals surface area contributed by atoms with Crippen LogP contribution in [0, 0.1) is 11.3 Å². The van der Waals surface area contributed by atoms with Gasteiger partial charge in [-0.1, -0.05) is 19.9 Å². The first-order valence-electron chi connectivity index (χ1n) is 8.38. The number of anilines is 1. The normalized spacial score (nSPS) is 11.1. The molecule has 0 spiro atoms. The number of aromatic nitrogens is 2. The number of hydrogen-bond acceptors (Lipinski definition) is 5. The highest BCUT2D eigenvalue weighted by Crippen LogP contribution is 2.25. The molecule has 6 heteroatoms. The molecule has 26 heavy (non-hydrogen) atoms. The highest BCUT2D eigenvalue weighted by molar-refractivity contribution is 5.99. The monoisotopic (exact) mass is 349 g/mol. The molecule has 0 radical (unpaired) electrons. The summed E-state index contributed by atoms with van der Waals surface area (Å²) >= 11 is 0. The van der Waals surface area contributed by atoms with Crippen LogP contribution in [0.15, 0.2) is 42.9 Å². The van der Waals surface area contributed by atoms with Gasteiger partial charge in [-0.25, -0.2) is 4.98 Å². The minimum Gasteiger partial charge on any atom is -0.306 e. The van der Waals surface area contributed by atoms with E-state index in [0.29, 0.717) is 18.0 Å². The maximum absolute atomic E-state index is 12.0. The molecule has 0 unspecified atom stereocenters. The van der Waals surface area contributed by atoms with Crippen molar-refractivity contribution in [3.05, 3.63) is 54.0 Å². The van der Waals surface area contributed by atoms with Crippen LogP contribution in [-0.2, 0) is 4.79 Å². The largest absolute Gasteiger partial charge is 0.306 e. The summed E-state index contributed by atoms with van der Waals surface area (Å²) in [5.74, 6) is 0.300. The highest BCUT2D eigenvalue weighted by atomic mass is 16.1. The number of nitrogens with zero attached hydrogens (tertiary/aromatic N) is 4. The Hall–Kier alpha value is -3.04. The maximum atomic E-state index is 12.0. The van der Waals surface area contributed by atoms with Gasteiger partial charge in [-0.2, -0.15) is 5.26 Å². The van der Waals surface area contributed by atoms with E-state index in [0.717, 1.165) is 16.7 Å².